The van der Waals surface area contributed by atoms with Crippen molar-refractivity contribution in [1.82, 2.24) is 14.6 Å². The molecule has 3 aromatic carbocycles. The summed E-state index contributed by atoms with van der Waals surface area (Å²) < 4.78 is 7.88. The zero-order valence-electron chi connectivity index (χ0n) is 20.1. The number of nitrogens with zero attached hydrogens (tertiary/aromatic N) is 3. The number of rotatable bonds is 6. The van der Waals surface area contributed by atoms with Crippen molar-refractivity contribution in [1.29, 1.82) is 0 Å². The van der Waals surface area contributed by atoms with Gasteiger partial charge in [0.15, 0.2) is 10.8 Å². The minimum atomic E-state index is -0.371. The summed E-state index contributed by atoms with van der Waals surface area (Å²) in [7, 11) is 0. The molecule has 1 atom stereocenters. The Morgan fingerprint density at radius 1 is 0.914 bits per heavy atom. The smallest absolute Gasteiger partial charge is 0.237 e. The number of carbonyl (C=O) groups excluding carboxylic acids is 1. The highest BCUT2D eigenvalue weighted by Crippen LogP contribution is 2.31. The monoisotopic (exact) mass is 482 g/mol. The van der Waals surface area contributed by atoms with Crippen LogP contribution in [0.5, 0.6) is 11.5 Å². The van der Waals surface area contributed by atoms with Crippen LogP contribution in [-0.2, 0) is 4.79 Å². The van der Waals surface area contributed by atoms with E-state index in [0.717, 1.165) is 28.0 Å². The van der Waals surface area contributed by atoms with Crippen LogP contribution < -0.4 is 10.1 Å². The maximum absolute atomic E-state index is 13.0. The lowest BCUT2D eigenvalue weighted by Gasteiger charge is -2.14. The Hall–Kier alpha value is -3.84. The Morgan fingerprint density at radius 2 is 1.63 bits per heavy atom. The van der Waals surface area contributed by atoms with Crippen LogP contribution in [0.15, 0.2) is 78.0 Å². The van der Waals surface area contributed by atoms with Gasteiger partial charge in [-0.05, 0) is 87.4 Å². The number of aromatic nitrogens is 3. The molecule has 0 bridgehead atoms. The first-order valence-electron chi connectivity index (χ1n) is 11.5. The number of ether oxygens (including phenoxy) is 1. The molecule has 5 rings (SSSR count). The molecule has 0 aliphatic rings. The first-order valence-corrected chi connectivity index (χ1v) is 12.3. The van der Waals surface area contributed by atoms with Crippen molar-refractivity contribution in [2.24, 2.45) is 0 Å². The third-order valence-electron chi connectivity index (χ3n) is 5.85. The van der Waals surface area contributed by atoms with Crippen LogP contribution in [0.2, 0.25) is 0 Å². The molecule has 176 valence electrons. The molecule has 0 aliphatic heterocycles. The summed E-state index contributed by atoms with van der Waals surface area (Å²) in [6.07, 6.45) is 0. The second kappa shape index (κ2) is 9.43. The largest absolute Gasteiger partial charge is 0.457 e. The highest BCUT2D eigenvalue weighted by atomic mass is 32.2. The van der Waals surface area contributed by atoms with Crippen LogP contribution in [0.4, 0.5) is 5.69 Å². The number of carbonyl (C=O) groups is 1. The fraction of sp³-hybridized carbons (Fsp3) is 0.179. The van der Waals surface area contributed by atoms with Crippen molar-refractivity contribution in [2.75, 3.05) is 5.32 Å². The van der Waals surface area contributed by atoms with Crippen molar-refractivity contribution >= 4 is 39.9 Å². The second-order valence-corrected chi connectivity index (χ2v) is 9.98. The number of aryl methyl sites for hydroxylation is 3. The second-order valence-electron chi connectivity index (χ2n) is 8.67. The number of pyridine rings is 1. The van der Waals surface area contributed by atoms with E-state index in [1.807, 2.05) is 67.6 Å². The maximum atomic E-state index is 13.0. The van der Waals surface area contributed by atoms with E-state index in [1.54, 1.807) is 0 Å². The van der Waals surface area contributed by atoms with E-state index in [0.29, 0.717) is 16.6 Å². The van der Waals surface area contributed by atoms with Crippen LogP contribution in [0.25, 0.3) is 16.6 Å². The molecule has 0 fully saturated rings. The Kier molecular flexibility index (Phi) is 6.17. The van der Waals surface area contributed by atoms with Gasteiger partial charge in [-0.3, -0.25) is 9.20 Å². The number of amides is 1. The molecule has 0 radical (unpaired) electrons. The van der Waals surface area contributed by atoms with E-state index in [-0.39, 0.29) is 11.2 Å². The lowest BCUT2D eigenvalue weighted by Crippen LogP contribution is -2.22. The molecule has 0 spiro atoms. The fourth-order valence-electron chi connectivity index (χ4n) is 4.18. The van der Waals surface area contributed by atoms with Crippen molar-refractivity contribution < 1.29 is 9.53 Å². The number of benzene rings is 3. The number of fused-ring (bicyclic) bond motifs is 3. The van der Waals surface area contributed by atoms with E-state index in [1.165, 1.54) is 22.7 Å². The van der Waals surface area contributed by atoms with Gasteiger partial charge in [-0.15, -0.1) is 10.2 Å². The molecule has 35 heavy (non-hydrogen) atoms. The van der Waals surface area contributed by atoms with Gasteiger partial charge in [-0.1, -0.05) is 41.6 Å². The van der Waals surface area contributed by atoms with Gasteiger partial charge in [0.1, 0.15) is 11.5 Å². The van der Waals surface area contributed by atoms with Crippen molar-refractivity contribution in [3.8, 4) is 11.5 Å². The van der Waals surface area contributed by atoms with Crippen LogP contribution in [-0.4, -0.2) is 25.8 Å². The number of anilines is 1. The predicted molar refractivity (Wildman–Crippen MR) is 142 cm³/mol. The normalized spacial score (nSPS) is 12.1. The summed E-state index contributed by atoms with van der Waals surface area (Å²) in [5.74, 6) is 1.37. The zero-order valence-corrected chi connectivity index (χ0v) is 20.9. The summed E-state index contributed by atoms with van der Waals surface area (Å²) in [6.45, 7) is 8.17. The Labute approximate surface area is 208 Å². The number of nitrogens with one attached hydrogen (secondary N) is 1. The predicted octanol–water partition coefficient (Wildman–Crippen LogP) is 6.72. The molecule has 1 N–H and O–H groups in total. The van der Waals surface area contributed by atoms with Crippen LogP contribution in [0.3, 0.4) is 0 Å². The molecule has 1 amide bonds. The molecule has 5 aromatic rings. The van der Waals surface area contributed by atoms with Gasteiger partial charge in [0.25, 0.3) is 0 Å². The number of hydrogen-bond donors (Lipinski definition) is 1. The van der Waals surface area contributed by atoms with E-state index in [2.05, 4.69) is 52.8 Å². The highest BCUT2D eigenvalue weighted by Gasteiger charge is 2.20. The third kappa shape index (κ3) is 4.72. The van der Waals surface area contributed by atoms with E-state index in [4.69, 9.17) is 4.74 Å². The minimum absolute atomic E-state index is 0.104. The Bertz CT molecular complexity index is 1530. The first-order chi connectivity index (χ1) is 16.9. The zero-order chi connectivity index (χ0) is 24.5. The van der Waals surface area contributed by atoms with Gasteiger partial charge < -0.3 is 10.1 Å². The Morgan fingerprint density at radius 3 is 2.37 bits per heavy atom. The summed E-state index contributed by atoms with van der Waals surface area (Å²) in [5.41, 5.74) is 6.11. The SMILES string of the molecule is Cc1cc(C)c2c(c1)c(C)cc1nnc(SC(C)C(=O)Nc3ccc(Oc4ccccc4)cc3)n12. The molecule has 1 unspecified atom stereocenters. The van der Waals surface area contributed by atoms with Crippen molar-refractivity contribution in [2.45, 2.75) is 38.1 Å². The first kappa shape index (κ1) is 22.9. The summed E-state index contributed by atoms with van der Waals surface area (Å²) >= 11 is 1.40. The van der Waals surface area contributed by atoms with Crippen LogP contribution >= 0.6 is 11.8 Å². The van der Waals surface area contributed by atoms with Gasteiger partial charge in [0.05, 0.1) is 10.8 Å². The minimum Gasteiger partial charge on any atom is -0.457 e. The van der Waals surface area contributed by atoms with Crippen LogP contribution in [0, 0.1) is 20.8 Å². The van der Waals surface area contributed by atoms with Crippen molar-refractivity contribution in [3.05, 3.63) is 89.5 Å². The van der Waals surface area contributed by atoms with Gasteiger partial charge in [-0.25, -0.2) is 0 Å². The number of hydrogen-bond acceptors (Lipinski definition) is 5. The molecule has 0 aliphatic carbocycles. The maximum Gasteiger partial charge on any atom is 0.237 e. The topological polar surface area (TPSA) is 68.5 Å². The van der Waals surface area contributed by atoms with E-state index in [9.17, 15) is 4.79 Å². The fourth-order valence-corrected chi connectivity index (χ4v) is 5.04. The molecule has 7 heteroatoms. The standard InChI is InChI=1S/C28H26N4O2S/c1-17-14-19(3)26-24(15-17)18(2)16-25-30-31-28(32(25)26)35-20(4)27(33)29-21-10-12-23(13-11-21)34-22-8-6-5-7-9-22/h5-16,20H,1-4H3,(H,29,33). The van der Waals surface area contributed by atoms with E-state index < -0.39 is 0 Å². The highest BCUT2D eigenvalue weighted by molar-refractivity contribution is 8.00. The lowest BCUT2D eigenvalue weighted by molar-refractivity contribution is -0.115. The van der Waals surface area contributed by atoms with Gasteiger partial charge in [0, 0.05) is 11.1 Å². The average Bonchev–Trinajstić information content (AvgIpc) is 3.22. The summed E-state index contributed by atoms with van der Waals surface area (Å²) in [6, 6.07) is 23.3. The molecular weight excluding hydrogens is 456 g/mol. The quantitative estimate of drug-likeness (QED) is 0.272. The van der Waals surface area contributed by atoms with Gasteiger partial charge >= 0.3 is 0 Å². The molecule has 6 nitrogen and oxygen atoms in total. The Balaban J connectivity index is 1.33. The molecule has 2 aromatic heterocycles. The lowest BCUT2D eigenvalue weighted by atomic mass is 10.0. The summed E-state index contributed by atoms with van der Waals surface area (Å²) in [4.78, 5) is 13.0. The average molecular weight is 483 g/mol. The van der Waals surface area contributed by atoms with Crippen molar-refractivity contribution in [3.63, 3.8) is 0 Å². The summed E-state index contributed by atoms with van der Waals surface area (Å²) in [5, 5.41) is 13.3. The third-order valence-corrected chi connectivity index (χ3v) is 6.89. The molecule has 0 saturated carbocycles. The number of para-hydroxylation sites is 1. The molecule has 2 heterocycles. The van der Waals surface area contributed by atoms with Gasteiger partial charge in [-0.2, -0.15) is 0 Å². The molecular formula is C28H26N4O2S. The number of thioether (sulfide) groups is 1. The molecule has 0 saturated heterocycles. The van der Waals surface area contributed by atoms with Gasteiger partial charge in [0.2, 0.25) is 5.91 Å². The van der Waals surface area contributed by atoms with Crippen LogP contribution in [0.1, 0.15) is 23.6 Å². The van der Waals surface area contributed by atoms with E-state index >= 15 is 0 Å².